The van der Waals surface area contributed by atoms with Gasteiger partial charge in [-0.25, -0.2) is 13.1 Å². The van der Waals surface area contributed by atoms with E-state index in [9.17, 15) is 13.2 Å². The first-order chi connectivity index (χ1) is 12.4. The number of carbonyl (C=O) groups is 1. The normalized spacial score (nSPS) is 15.8. The van der Waals surface area contributed by atoms with Gasteiger partial charge in [0, 0.05) is 30.7 Å². The topological polar surface area (TPSA) is 87.3 Å². The summed E-state index contributed by atoms with van der Waals surface area (Å²) in [6.07, 6.45) is 7.65. The molecule has 0 unspecified atom stereocenters. The van der Waals surface area contributed by atoms with Crippen LogP contribution >= 0.6 is 12.4 Å². The molecule has 8 heteroatoms. The Morgan fingerprint density at radius 1 is 1.04 bits per heavy atom. The van der Waals surface area contributed by atoms with Crippen LogP contribution in [0.2, 0.25) is 0 Å². The second-order valence-corrected chi connectivity index (χ2v) is 8.91. The van der Waals surface area contributed by atoms with E-state index in [4.69, 9.17) is 0 Å². The van der Waals surface area contributed by atoms with E-state index in [1.165, 1.54) is 50.7 Å². The van der Waals surface area contributed by atoms with Crippen molar-refractivity contribution in [2.75, 3.05) is 13.1 Å². The summed E-state index contributed by atoms with van der Waals surface area (Å²) in [5.41, 5.74) is 0.461. The first-order valence-corrected chi connectivity index (χ1v) is 11.0. The molecule has 1 fully saturated rings. The number of rotatable bonds is 8. The molecule has 0 radical (unpaired) electrons. The quantitative estimate of drug-likeness (QED) is 0.448. The third-order valence-electron chi connectivity index (χ3n) is 4.52. The van der Waals surface area contributed by atoms with Crippen LogP contribution in [0.5, 0.6) is 0 Å². The Balaban J connectivity index is 0.00000364. The number of hydrogen-bond acceptors (Lipinski definition) is 4. The van der Waals surface area contributed by atoms with Crippen LogP contribution in [-0.2, 0) is 10.0 Å². The van der Waals surface area contributed by atoms with Crippen molar-refractivity contribution >= 4 is 28.3 Å². The predicted molar refractivity (Wildman–Crippen MR) is 111 cm³/mol. The van der Waals surface area contributed by atoms with Gasteiger partial charge in [0.1, 0.15) is 0 Å². The lowest BCUT2D eigenvalue weighted by molar-refractivity contribution is 0.0953. The monoisotopic (exact) mass is 417 g/mol. The Bertz CT molecular complexity index is 670. The fourth-order valence-electron chi connectivity index (χ4n) is 3.20. The summed E-state index contributed by atoms with van der Waals surface area (Å²) in [5, 5.41) is 6.39. The van der Waals surface area contributed by atoms with Crippen molar-refractivity contribution in [3.63, 3.8) is 0 Å². The van der Waals surface area contributed by atoms with Crippen molar-refractivity contribution < 1.29 is 13.2 Å². The number of carbonyl (C=O) groups excluding carboxylic acids is 1. The summed E-state index contributed by atoms with van der Waals surface area (Å²) < 4.78 is 26.7. The summed E-state index contributed by atoms with van der Waals surface area (Å²) in [6.45, 7) is 4.84. The number of sulfonamides is 1. The van der Waals surface area contributed by atoms with Gasteiger partial charge in [0.05, 0.1) is 4.90 Å². The third kappa shape index (κ3) is 8.17. The number of hydrogen-bond donors (Lipinski definition) is 3. The zero-order valence-electron chi connectivity index (χ0n) is 16.2. The molecule has 1 aliphatic rings. The van der Waals surface area contributed by atoms with Crippen molar-refractivity contribution in [2.45, 2.75) is 69.4 Å². The summed E-state index contributed by atoms with van der Waals surface area (Å²) >= 11 is 0. The van der Waals surface area contributed by atoms with Gasteiger partial charge in [0.25, 0.3) is 5.91 Å². The molecular weight excluding hydrogens is 386 g/mol. The highest BCUT2D eigenvalue weighted by Gasteiger charge is 2.16. The van der Waals surface area contributed by atoms with Crippen LogP contribution in [0.4, 0.5) is 0 Å². The number of benzene rings is 1. The average molecular weight is 418 g/mol. The van der Waals surface area contributed by atoms with E-state index in [2.05, 4.69) is 15.4 Å². The highest BCUT2D eigenvalue weighted by Crippen LogP contribution is 2.16. The van der Waals surface area contributed by atoms with Crippen LogP contribution in [0.15, 0.2) is 29.2 Å². The number of amides is 1. The number of halogens is 1. The maximum absolute atomic E-state index is 12.2. The van der Waals surface area contributed by atoms with E-state index in [-0.39, 0.29) is 29.3 Å². The third-order valence-corrected chi connectivity index (χ3v) is 6.19. The first kappa shape index (κ1) is 23.9. The molecule has 0 saturated heterocycles. The molecule has 0 aromatic heterocycles. The molecule has 154 valence electrons. The minimum atomic E-state index is -3.53. The zero-order valence-corrected chi connectivity index (χ0v) is 17.8. The fourth-order valence-corrected chi connectivity index (χ4v) is 4.45. The van der Waals surface area contributed by atoms with E-state index < -0.39 is 10.0 Å². The summed E-state index contributed by atoms with van der Waals surface area (Å²) in [4.78, 5) is 12.4. The van der Waals surface area contributed by atoms with Crippen LogP contribution in [-0.4, -0.2) is 39.5 Å². The van der Waals surface area contributed by atoms with Gasteiger partial charge in [0.2, 0.25) is 10.0 Å². The maximum atomic E-state index is 12.2. The molecule has 0 aliphatic heterocycles. The van der Waals surface area contributed by atoms with Crippen molar-refractivity contribution in [1.29, 1.82) is 0 Å². The van der Waals surface area contributed by atoms with Crippen LogP contribution in [0, 0.1) is 0 Å². The molecule has 0 heterocycles. The van der Waals surface area contributed by atoms with Crippen molar-refractivity contribution in [3.8, 4) is 0 Å². The molecule has 1 saturated carbocycles. The first-order valence-electron chi connectivity index (χ1n) is 9.52. The van der Waals surface area contributed by atoms with Gasteiger partial charge in [-0.1, -0.05) is 25.7 Å². The second-order valence-electron chi connectivity index (χ2n) is 7.20. The van der Waals surface area contributed by atoms with Crippen molar-refractivity contribution in [1.82, 2.24) is 15.4 Å². The lowest BCUT2D eigenvalue weighted by Gasteiger charge is -2.16. The Kier molecular flexibility index (Phi) is 10.3. The molecule has 0 spiro atoms. The zero-order chi connectivity index (χ0) is 19.0. The molecule has 1 aliphatic carbocycles. The lowest BCUT2D eigenvalue weighted by atomic mass is 10.1. The number of nitrogens with one attached hydrogen (secondary N) is 3. The average Bonchev–Trinajstić information content (AvgIpc) is 2.86. The Labute approximate surface area is 169 Å². The van der Waals surface area contributed by atoms with Gasteiger partial charge in [0.15, 0.2) is 0 Å². The maximum Gasteiger partial charge on any atom is 0.251 e. The highest BCUT2D eigenvalue weighted by molar-refractivity contribution is 7.89. The second kappa shape index (κ2) is 11.6. The van der Waals surface area contributed by atoms with Crippen LogP contribution in [0.1, 0.15) is 62.7 Å². The highest BCUT2D eigenvalue weighted by atomic mass is 35.5. The van der Waals surface area contributed by atoms with E-state index in [0.717, 1.165) is 6.54 Å². The van der Waals surface area contributed by atoms with E-state index in [0.29, 0.717) is 18.2 Å². The molecule has 3 N–H and O–H groups in total. The smallest absolute Gasteiger partial charge is 0.251 e. The van der Waals surface area contributed by atoms with E-state index >= 15 is 0 Å². The minimum absolute atomic E-state index is 0. The molecule has 1 aromatic rings. The lowest BCUT2D eigenvalue weighted by Crippen LogP contribution is -2.36. The van der Waals surface area contributed by atoms with Gasteiger partial charge < -0.3 is 10.6 Å². The fraction of sp³-hybridized carbons (Fsp3) is 0.632. The van der Waals surface area contributed by atoms with Gasteiger partial charge in [-0.05, 0) is 51.0 Å². The van der Waals surface area contributed by atoms with Crippen LogP contribution in [0.25, 0.3) is 0 Å². The summed E-state index contributed by atoms with van der Waals surface area (Å²) in [5.74, 6) is -0.187. The Hall–Kier alpha value is -1.15. The molecule has 27 heavy (non-hydrogen) atoms. The van der Waals surface area contributed by atoms with Crippen LogP contribution in [0.3, 0.4) is 0 Å². The molecule has 0 atom stereocenters. The van der Waals surface area contributed by atoms with Crippen molar-refractivity contribution in [3.05, 3.63) is 29.8 Å². The van der Waals surface area contributed by atoms with Gasteiger partial charge in [-0.3, -0.25) is 4.79 Å². The molecule has 6 nitrogen and oxygen atoms in total. The molecule has 2 rings (SSSR count). The van der Waals surface area contributed by atoms with Gasteiger partial charge >= 0.3 is 0 Å². The molecular formula is C19H32ClN3O3S. The summed E-state index contributed by atoms with van der Waals surface area (Å²) in [7, 11) is -3.53. The van der Waals surface area contributed by atoms with Crippen molar-refractivity contribution in [2.24, 2.45) is 0 Å². The molecule has 0 bridgehead atoms. The predicted octanol–water partition coefficient (Wildman–Crippen LogP) is 2.84. The largest absolute Gasteiger partial charge is 0.351 e. The Morgan fingerprint density at radius 3 is 2.19 bits per heavy atom. The summed E-state index contributed by atoms with van der Waals surface area (Å²) in [6, 6.07) is 6.40. The standard InChI is InChI=1S/C19H31N3O3S.ClH/c1-15(2)22-26(24,25)18-11-9-16(10-12-18)19(23)21-14-13-20-17-7-5-3-4-6-8-17;/h9-12,15,17,20,22H,3-8,13-14H2,1-2H3,(H,21,23);1H. The van der Waals surface area contributed by atoms with E-state index in [1.807, 2.05) is 0 Å². The SMILES string of the molecule is CC(C)NS(=O)(=O)c1ccc(C(=O)NCCNC2CCCCCC2)cc1.Cl. The van der Waals surface area contributed by atoms with Gasteiger partial charge in [-0.15, -0.1) is 12.4 Å². The minimum Gasteiger partial charge on any atom is -0.351 e. The van der Waals surface area contributed by atoms with Crippen LogP contribution < -0.4 is 15.4 Å². The van der Waals surface area contributed by atoms with E-state index in [1.54, 1.807) is 26.0 Å². The molecule has 1 amide bonds. The molecule has 1 aromatic carbocycles. The van der Waals surface area contributed by atoms with Gasteiger partial charge in [-0.2, -0.15) is 0 Å². The Morgan fingerprint density at radius 2 is 1.63 bits per heavy atom.